The quantitative estimate of drug-likeness (QED) is 0.778. The molecule has 3 rings (SSSR count). The van der Waals surface area contributed by atoms with Gasteiger partial charge in [-0.1, -0.05) is 20.8 Å². The zero-order valence-corrected chi connectivity index (χ0v) is 12.1. The zero-order valence-electron chi connectivity index (χ0n) is 12.1. The third-order valence-electron chi connectivity index (χ3n) is 4.38. The van der Waals surface area contributed by atoms with Crippen LogP contribution >= 0.6 is 0 Å². The molecule has 1 saturated heterocycles. The lowest BCUT2D eigenvalue weighted by molar-refractivity contribution is 0.109. The van der Waals surface area contributed by atoms with E-state index in [0.717, 1.165) is 43.5 Å². The van der Waals surface area contributed by atoms with Crippen molar-refractivity contribution in [2.45, 2.75) is 40.2 Å². The maximum atomic E-state index is 5.43. The lowest BCUT2D eigenvalue weighted by Gasteiger charge is -2.27. The number of anilines is 1. The van der Waals surface area contributed by atoms with E-state index < -0.39 is 0 Å². The van der Waals surface area contributed by atoms with Crippen molar-refractivity contribution in [3.05, 3.63) is 17.5 Å². The molecule has 0 amide bonds. The molecule has 0 aromatic carbocycles. The molecule has 4 nitrogen and oxygen atoms in total. The third-order valence-corrected chi connectivity index (χ3v) is 4.38. The van der Waals surface area contributed by atoms with Gasteiger partial charge in [-0.25, -0.2) is 9.97 Å². The van der Waals surface area contributed by atoms with E-state index in [2.05, 4.69) is 30.7 Å². The van der Waals surface area contributed by atoms with Crippen molar-refractivity contribution in [1.29, 1.82) is 0 Å². The summed E-state index contributed by atoms with van der Waals surface area (Å²) in [5.74, 6) is 1.64. The van der Waals surface area contributed by atoms with Crippen LogP contribution in [0.25, 0.3) is 0 Å². The number of rotatable bonds is 1. The van der Waals surface area contributed by atoms with E-state index >= 15 is 0 Å². The second-order valence-corrected chi connectivity index (χ2v) is 6.74. The first-order valence-corrected chi connectivity index (χ1v) is 7.21. The molecule has 19 heavy (non-hydrogen) atoms. The summed E-state index contributed by atoms with van der Waals surface area (Å²) in [6.45, 7) is 10.6. The van der Waals surface area contributed by atoms with Gasteiger partial charge in [0.25, 0.3) is 0 Å². The number of hydrogen-bond acceptors (Lipinski definition) is 4. The first kappa shape index (κ1) is 12.9. The Bertz CT molecular complexity index is 467. The molecule has 0 spiro atoms. The van der Waals surface area contributed by atoms with Gasteiger partial charge in [0, 0.05) is 31.3 Å². The monoisotopic (exact) mass is 261 g/mol. The van der Waals surface area contributed by atoms with Crippen LogP contribution in [-0.4, -0.2) is 29.7 Å². The second kappa shape index (κ2) is 4.75. The van der Waals surface area contributed by atoms with Gasteiger partial charge >= 0.3 is 0 Å². The average molecular weight is 261 g/mol. The Morgan fingerprint density at radius 3 is 2.95 bits per heavy atom. The van der Waals surface area contributed by atoms with Crippen molar-refractivity contribution >= 4 is 5.95 Å². The van der Waals surface area contributed by atoms with Crippen molar-refractivity contribution in [2.75, 3.05) is 24.6 Å². The van der Waals surface area contributed by atoms with Gasteiger partial charge in [-0.3, -0.25) is 0 Å². The van der Waals surface area contributed by atoms with E-state index in [4.69, 9.17) is 9.72 Å². The average Bonchev–Trinajstić information content (AvgIpc) is 2.87. The smallest absolute Gasteiger partial charge is 0.225 e. The van der Waals surface area contributed by atoms with E-state index in [-0.39, 0.29) is 0 Å². The van der Waals surface area contributed by atoms with E-state index in [1.54, 1.807) is 0 Å². The molecule has 1 aromatic rings. The van der Waals surface area contributed by atoms with Gasteiger partial charge in [-0.2, -0.15) is 0 Å². The number of fused-ring (bicyclic) bond motifs is 1. The number of nitrogens with zero attached hydrogens (tertiary/aromatic N) is 3. The molecule has 2 aliphatic heterocycles. The van der Waals surface area contributed by atoms with Gasteiger partial charge < -0.3 is 9.64 Å². The van der Waals surface area contributed by atoms with Gasteiger partial charge in [-0.15, -0.1) is 0 Å². The highest BCUT2D eigenvalue weighted by molar-refractivity contribution is 5.35. The summed E-state index contributed by atoms with van der Waals surface area (Å²) < 4.78 is 5.43. The predicted octanol–water partition coefficient (Wildman–Crippen LogP) is 2.42. The molecule has 1 fully saturated rings. The van der Waals surface area contributed by atoms with Crippen LogP contribution in [0.5, 0.6) is 0 Å². The summed E-state index contributed by atoms with van der Waals surface area (Å²) in [6, 6.07) is 0. The molecule has 3 heterocycles. The molecule has 0 radical (unpaired) electrons. The normalized spacial score (nSPS) is 23.5. The van der Waals surface area contributed by atoms with Crippen molar-refractivity contribution in [3.63, 3.8) is 0 Å². The number of hydrogen-bond donors (Lipinski definition) is 0. The second-order valence-electron chi connectivity index (χ2n) is 6.74. The van der Waals surface area contributed by atoms with Crippen molar-refractivity contribution in [3.8, 4) is 0 Å². The van der Waals surface area contributed by atoms with Crippen LogP contribution < -0.4 is 4.90 Å². The van der Waals surface area contributed by atoms with Gasteiger partial charge in [0.2, 0.25) is 5.95 Å². The minimum absolute atomic E-state index is 0.372. The Hall–Kier alpha value is -1.16. The third kappa shape index (κ3) is 2.59. The molecule has 104 valence electrons. The molecular formula is C15H23N3O. The van der Waals surface area contributed by atoms with Gasteiger partial charge in [0.15, 0.2) is 0 Å². The van der Waals surface area contributed by atoms with Gasteiger partial charge in [0.1, 0.15) is 0 Å². The summed E-state index contributed by atoms with van der Waals surface area (Å²) >= 11 is 0. The Labute approximate surface area is 115 Å². The van der Waals surface area contributed by atoms with Gasteiger partial charge in [0.05, 0.1) is 18.9 Å². The topological polar surface area (TPSA) is 38.2 Å². The summed E-state index contributed by atoms with van der Waals surface area (Å²) in [5, 5.41) is 0. The van der Waals surface area contributed by atoms with Crippen molar-refractivity contribution < 1.29 is 4.74 Å². The van der Waals surface area contributed by atoms with Crippen LogP contribution in [0.2, 0.25) is 0 Å². The van der Waals surface area contributed by atoms with E-state index in [0.29, 0.717) is 12.0 Å². The maximum Gasteiger partial charge on any atom is 0.225 e. The predicted molar refractivity (Wildman–Crippen MR) is 75.2 cm³/mol. The molecular weight excluding hydrogens is 238 g/mol. The Kier molecular flexibility index (Phi) is 3.21. The summed E-state index contributed by atoms with van der Waals surface area (Å²) in [4.78, 5) is 11.6. The molecule has 0 aliphatic carbocycles. The van der Waals surface area contributed by atoms with E-state index in [1.807, 2.05) is 6.20 Å². The summed E-state index contributed by atoms with van der Waals surface area (Å²) in [5.41, 5.74) is 2.70. The fourth-order valence-corrected chi connectivity index (χ4v) is 2.92. The molecule has 1 unspecified atom stereocenters. The minimum atomic E-state index is 0.372. The maximum absolute atomic E-state index is 5.43. The SMILES string of the molecule is CC(C)(C)C1CCN(c2ncc3c(n2)CCOC3)C1. The Morgan fingerprint density at radius 2 is 2.21 bits per heavy atom. The Morgan fingerprint density at radius 1 is 1.37 bits per heavy atom. The number of aromatic nitrogens is 2. The van der Waals surface area contributed by atoms with E-state index in [1.165, 1.54) is 12.1 Å². The minimum Gasteiger partial charge on any atom is -0.376 e. The molecule has 0 saturated carbocycles. The fraction of sp³-hybridized carbons (Fsp3) is 0.733. The summed E-state index contributed by atoms with van der Waals surface area (Å²) in [6.07, 6.45) is 4.11. The Balaban J connectivity index is 1.77. The van der Waals surface area contributed by atoms with Crippen LogP contribution in [0.1, 0.15) is 38.4 Å². The van der Waals surface area contributed by atoms with Crippen LogP contribution in [0.3, 0.4) is 0 Å². The van der Waals surface area contributed by atoms with Gasteiger partial charge in [-0.05, 0) is 17.8 Å². The number of ether oxygens (including phenoxy) is 1. The molecule has 0 N–H and O–H groups in total. The summed E-state index contributed by atoms with van der Waals surface area (Å²) in [7, 11) is 0. The van der Waals surface area contributed by atoms with Crippen molar-refractivity contribution in [1.82, 2.24) is 9.97 Å². The van der Waals surface area contributed by atoms with Crippen LogP contribution in [0.15, 0.2) is 6.20 Å². The molecule has 4 heteroatoms. The standard InChI is InChI=1S/C15H23N3O/c1-15(2,3)12-4-6-18(9-12)14-16-8-11-10-19-7-5-13(11)17-14/h8,12H,4-7,9-10H2,1-3H3. The van der Waals surface area contributed by atoms with Crippen LogP contribution in [-0.2, 0) is 17.8 Å². The molecule has 1 aromatic heterocycles. The lowest BCUT2D eigenvalue weighted by atomic mass is 9.80. The first-order valence-electron chi connectivity index (χ1n) is 7.21. The first-order chi connectivity index (χ1) is 9.04. The highest BCUT2D eigenvalue weighted by atomic mass is 16.5. The highest BCUT2D eigenvalue weighted by Gasteiger charge is 2.33. The van der Waals surface area contributed by atoms with E-state index in [9.17, 15) is 0 Å². The highest BCUT2D eigenvalue weighted by Crippen LogP contribution is 2.34. The zero-order chi connectivity index (χ0) is 13.5. The van der Waals surface area contributed by atoms with Crippen LogP contribution in [0, 0.1) is 11.3 Å². The largest absolute Gasteiger partial charge is 0.376 e. The fourth-order valence-electron chi connectivity index (χ4n) is 2.92. The van der Waals surface area contributed by atoms with Crippen molar-refractivity contribution in [2.24, 2.45) is 11.3 Å². The van der Waals surface area contributed by atoms with Crippen LogP contribution in [0.4, 0.5) is 5.95 Å². The molecule has 1 atom stereocenters. The lowest BCUT2D eigenvalue weighted by Crippen LogP contribution is -2.27. The molecule has 2 aliphatic rings. The molecule has 0 bridgehead atoms.